The molecule has 6 heteroatoms. The number of benzene rings is 1. The van der Waals surface area contributed by atoms with Gasteiger partial charge < -0.3 is 14.5 Å². The topological polar surface area (TPSA) is 68.9 Å². The molecular weight excluding hydrogens is 556 g/mol. The second-order valence-corrected chi connectivity index (χ2v) is 13.4. The summed E-state index contributed by atoms with van der Waals surface area (Å²) in [5, 5.41) is 9.68. The average Bonchev–Trinajstić information content (AvgIpc) is 3.32. The number of aliphatic imine (C=N–C) groups is 1. The van der Waals surface area contributed by atoms with Crippen LogP contribution in [-0.4, -0.2) is 42.6 Å². The number of carbonyl (C=O) groups is 1. The summed E-state index contributed by atoms with van der Waals surface area (Å²) < 4.78 is 5.72. The van der Waals surface area contributed by atoms with Crippen molar-refractivity contribution in [2.45, 2.75) is 106 Å². The molecule has 1 aliphatic heterocycles. The number of rotatable bonds is 14. The van der Waals surface area contributed by atoms with Crippen LogP contribution in [0.1, 0.15) is 105 Å². The van der Waals surface area contributed by atoms with E-state index in [-0.39, 0.29) is 6.09 Å². The van der Waals surface area contributed by atoms with E-state index in [0.717, 1.165) is 77.1 Å². The number of hydrogen-bond donors (Lipinski definition) is 0. The Labute approximate surface area is 273 Å². The van der Waals surface area contributed by atoms with Crippen LogP contribution in [0.4, 0.5) is 10.5 Å². The van der Waals surface area contributed by atoms with Crippen molar-refractivity contribution < 1.29 is 9.53 Å². The van der Waals surface area contributed by atoms with Gasteiger partial charge in [0.25, 0.3) is 0 Å². The van der Waals surface area contributed by atoms with Crippen LogP contribution < -0.4 is 4.90 Å². The van der Waals surface area contributed by atoms with Crippen molar-refractivity contribution in [3.05, 3.63) is 88.2 Å². The lowest BCUT2D eigenvalue weighted by Crippen LogP contribution is -2.39. The molecular formula is C39H56N4O2. The number of nitrogens with zero attached hydrogens (tertiary/aromatic N) is 4. The molecule has 244 valence electrons. The van der Waals surface area contributed by atoms with Crippen LogP contribution in [0.15, 0.2) is 82.1 Å². The van der Waals surface area contributed by atoms with Crippen LogP contribution in [0.3, 0.4) is 0 Å². The maximum absolute atomic E-state index is 13.0. The lowest BCUT2D eigenvalue weighted by atomic mass is 9.85. The molecule has 1 heterocycles. The summed E-state index contributed by atoms with van der Waals surface area (Å²) in [6, 6.07) is 8.06. The van der Waals surface area contributed by atoms with Crippen molar-refractivity contribution >= 4 is 17.6 Å². The zero-order chi connectivity index (χ0) is 33.9. The van der Waals surface area contributed by atoms with Gasteiger partial charge in [0.2, 0.25) is 0 Å². The molecule has 2 rings (SSSR count). The van der Waals surface area contributed by atoms with Crippen LogP contribution in [0.2, 0.25) is 0 Å². The smallest absolute Gasteiger partial charge is 0.410 e. The SMILES string of the molecule is C=C(C)/C(C(=C)CCCN(CC(C)C)C(=O)OC(C)(C)C)=C1/C(/C(=C\CC)CCCC)=CN(c2cc(C#N)ccc2C)/C1=N/C. The number of anilines is 1. The normalized spacial score (nSPS) is 15.7. The number of ether oxygens (including phenoxy) is 1. The Morgan fingerprint density at radius 1 is 1.18 bits per heavy atom. The molecule has 0 saturated carbocycles. The molecule has 0 fully saturated rings. The highest BCUT2D eigenvalue weighted by atomic mass is 16.6. The lowest BCUT2D eigenvalue weighted by molar-refractivity contribution is 0.0226. The highest BCUT2D eigenvalue weighted by Crippen LogP contribution is 2.41. The molecule has 1 aliphatic rings. The standard InChI is InChI=1S/C39H56N4O2/c1-13-15-19-32(17-14-2)33-26-43(34-23-31(24-40)21-20-29(34)7)37(41-12)36(33)35(28(5)6)30(8)18-16-22-42(25-27(3)4)38(44)45-39(9,10)11/h17,20-21,23,26-27H,5,8,13-16,18-19,22,25H2,1-4,6-7,9-12H3/b32-17-,36-35+,41-37+. The third-order valence-corrected chi connectivity index (χ3v) is 7.56. The van der Waals surface area contributed by atoms with Gasteiger partial charge in [0, 0.05) is 37.5 Å². The maximum atomic E-state index is 13.0. The first-order valence-corrected chi connectivity index (χ1v) is 16.4. The zero-order valence-electron chi connectivity index (χ0n) is 29.6. The monoisotopic (exact) mass is 612 g/mol. The molecule has 0 radical (unpaired) electrons. The van der Waals surface area contributed by atoms with Crippen LogP contribution in [0, 0.1) is 24.2 Å². The molecule has 0 unspecified atom stereocenters. The van der Waals surface area contributed by atoms with Crippen molar-refractivity contribution in [1.82, 2.24) is 4.90 Å². The quantitative estimate of drug-likeness (QED) is 0.210. The summed E-state index contributed by atoms with van der Waals surface area (Å²) in [5.41, 5.74) is 8.38. The van der Waals surface area contributed by atoms with E-state index >= 15 is 0 Å². The molecule has 0 N–H and O–H groups in total. The van der Waals surface area contributed by atoms with Gasteiger partial charge in [-0.15, -0.1) is 0 Å². The maximum Gasteiger partial charge on any atom is 0.410 e. The molecule has 0 spiro atoms. The minimum atomic E-state index is -0.549. The number of amidine groups is 1. The zero-order valence-corrected chi connectivity index (χ0v) is 29.6. The number of allylic oxidation sites excluding steroid dienone is 5. The Morgan fingerprint density at radius 2 is 1.87 bits per heavy atom. The van der Waals surface area contributed by atoms with E-state index < -0.39 is 5.60 Å². The van der Waals surface area contributed by atoms with Gasteiger partial charge in [-0.25, -0.2) is 4.79 Å². The summed E-state index contributed by atoms with van der Waals surface area (Å²) in [5.74, 6) is 1.14. The molecule has 0 aliphatic carbocycles. The van der Waals surface area contributed by atoms with Gasteiger partial charge in [0.1, 0.15) is 11.4 Å². The predicted octanol–water partition coefficient (Wildman–Crippen LogP) is 10.2. The molecule has 0 aromatic heterocycles. The number of aryl methyl sites for hydroxylation is 1. The van der Waals surface area contributed by atoms with Gasteiger partial charge in [-0.05, 0) is 107 Å². The molecule has 45 heavy (non-hydrogen) atoms. The fourth-order valence-corrected chi connectivity index (χ4v) is 5.61. The van der Waals surface area contributed by atoms with Crippen molar-refractivity contribution in [2.24, 2.45) is 10.9 Å². The Kier molecular flexibility index (Phi) is 14.1. The van der Waals surface area contributed by atoms with E-state index in [1.165, 1.54) is 5.57 Å². The molecule has 0 bridgehead atoms. The first-order valence-electron chi connectivity index (χ1n) is 16.4. The Hall–Kier alpha value is -3.85. The third kappa shape index (κ3) is 10.3. The van der Waals surface area contributed by atoms with Gasteiger partial charge >= 0.3 is 6.09 Å². The predicted molar refractivity (Wildman–Crippen MR) is 191 cm³/mol. The summed E-state index contributed by atoms with van der Waals surface area (Å²) in [6.45, 7) is 28.6. The Balaban J connectivity index is 2.63. The highest BCUT2D eigenvalue weighted by molar-refractivity contribution is 6.19. The van der Waals surface area contributed by atoms with Gasteiger partial charge in [0.05, 0.1) is 17.3 Å². The largest absolute Gasteiger partial charge is 0.444 e. The number of unbranched alkanes of at least 4 members (excludes halogenated alkanes) is 1. The minimum Gasteiger partial charge on any atom is -0.444 e. The lowest BCUT2D eigenvalue weighted by Gasteiger charge is -2.29. The number of amides is 1. The Morgan fingerprint density at radius 3 is 2.40 bits per heavy atom. The second-order valence-electron chi connectivity index (χ2n) is 13.4. The third-order valence-electron chi connectivity index (χ3n) is 7.56. The van der Waals surface area contributed by atoms with Crippen LogP contribution in [0.25, 0.3) is 0 Å². The van der Waals surface area contributed by atoms with Gasteiger partial charge in [-0.1, -0.05) is 65.0 Å². The molecule has 1 aromatic rings. The van der Waals surface area contributed by atoms with Crippen LogP contribution in [0.5, 0.6) is 0 Å². The fraction of sp³-hybridized carbons (Fsp3) is 0.513. The van der Waals surface area contributed by atoms with Crippen LogP contribution >= 0.6 is 0 Å². The van der Waals surface area contributed by atoms with Gasteiger partial charge in [-0.3, -0.25) is 4.99 Å². The summed E-state index contributed by atoms with van der Waals surface area (Å²) in [4.78, 5) is 21.8. The minimum absolute atomic E-state index is 0.280. The van der Waals surface area contributed by atoms with Crippen LogP contribution in [-0.2, 0) is 4.74 Å². The second kappa shape index (κ2) is 17.0. The molecule has 6 nitrogen and oxygen atoms in total. The van der Waals surface area contributed by atoms with Crippen molar-refractivity contribution in [1.29, 1.82) is 5.26 Å². The summed E-state index contributed by atoms with van der Waals surface area (Å²) >= 11 is 0. The van der Waals surface area contributed by atoms with E-state index in [1.807, 2.05) is 57.8 Å². The first kappa shape index (κ1) is 37.3. The molecule has 0 atom stereocenters. The van der Waals surface area contributed by atoms with E-state index in [0.29, 0.717) is 31.0 Å². The van der Waals surface area contributed by atoms with Crippen molar-refractivity contribution in [3.8, 4) is 6.07 Å². The van der Waals surface area contributed by atoms with Crippen molar-refractivity contribution in [2.75, 3.05) is 25.0 Å². The Bertz CT molecular complexity index is 1410. The van der Waals surface area contributed by atoms with E-state index in [4.69, 9.17) is 9.73 Å². The summed E-state index contributed by atoms with van der Waals surface area (Å²) in [6.07, 6.45) is 9.71. The average molecular weight is 613 g/mol. The van der Waals surface area contributed by atoms with Gasteiger partial charge in [-0.2, -0.15) is 5.26 Å². The van der Waals surface area contributed by atoms with E-state index in [1.54, 1.807) is 0 Å². The number of hydrogen-bond acceptors (Lipinski definition) is 4. The molecule has 0 saturated heterocycles. The fourth-order valence-electron chi connectivity index (χ4n) is 5.61. The number of nitriles is 1. The van der Waals surface area contributed by atoms with Gasteiger partial charge in [0.15, 0.2) is 0 Å². The van der Waals surface area contributed by atoms with Crippen molar-refractivity contribution in [3.63, 3.8) is 0 Å². The summed E-state index contributed by atoms with van der Waals surface area (Å²) in [7, 11) is 1.82. The first-order chi connectivity index (χ1) is 21.2. The molecule has 1 aromatic carbocycles. The van der Waals surface area contributed by atoms with E-state index in [2.05, 4.69) is 71.0 Å². The number of carbonyl (C=O) groups excluding carboxylic acids is 1. The highest BCUT2D eigenvalue weighted by Gasteiger charge is 2.33. The molecule has 1 amide bonds. The van der Waals surface area contributed by atoms with E-state index in [9.17, 15) is 10.1 Å².